The Labute approximate surface area is 157 Å². The highest BCUT2D eigenvalue weighted by Gasteiger charge is 2.13. The molecule has 0 unspecified atom stereocenters. The SMILES string of the molecule is COc1ccc(-c2noc(/C(=C/c3ccc(C)s3)CCCCN)n2)cc1. The molecule has 0 radical (unpaired) electrons. The van der Waals surface area contributed by atoms with Crippen LogP contribution in [-0.4, -0.2) is 23.8 Å². The zero-order chi connectivity index (χ0) is 18.4. The van der Waals surface area contributed by atoms with Crippen molar-refractivity contribution in [1.82, 2.24) is 10.1 Å². The highest BCUT2D eigenvalue weighted by Crippen LogP contribution is 2.28. The van der Waals surface area contributed by atoms with Gasteiger partial charge in [-0.1, -0.05) is 5.16 Å². The van der Waals surface area contributed by atoms with Gasteiger partial charge in [-0.3, -0.25) is 0 Å². The van der Waals surface area contributed by atoms with Crippen molar-refractivity contribution >= 4 is 23.0 Å². The molecule has 2 N–H and O–H groups in total. The zero-order valence-corrected chi connectivity index (χ0v) is 15.9. The van der Waals surface area contributed by atoms with Gasteiger partial charge in [-0.05, 0) is 75.2 Å². The number of rotatable bonds is 8. The molecule has 2 heterocycles. The first-order chi connectivity index (χ1) is 12.7. The molecule has 0 saturated heterocycles. The number of hydrogen-bond acceptors (Lipinski definition) is 6. The van der Waals surface area contributed by atoms with Gasteiger partial charge in [0, 0.05) is 20.9 Å². The summed E-state index contributed by atoms with van der Waals surface area (Å²) in [7, 11) is 1.65. The molecule has 1 aromatic carbocycles. The number of nitrogens with zero attached hydrogens (tertiary/aromatic N) is 2. The van der Waals surface area contributed by atoms with E-state index in [0.29, 0.717) is 18.3 Å². The van der Waals surface area contributed by atoms with Crippen LogP contribution in [0.15, 0.2) is 40.9 Å². The molecule has 0 amide bonds. The molecule has 0 aliphatic rings. The number of aromatic nitrogens is 2. The van der Waals surface area contributed by atoms with Gasteiger partial charge in [-0.25, -0.2) is 0 Å². The van der Waals surface area contributed by atoms with Crippen molar-refractivity contribution in [2.75, 3.05) is 13.7 Å². The molecular weight excluding hydrogens is 346 g/mol. The molecule has 3 aromatic rings. The maximum Gasteiger partial charge on any atom is 0.254 e. The van der Waals surface area contributed by atoms with Crippen molar-refractivity contribution in [2.45, 2.75) is 26.2 Å². The van der Waals surface area contributed by atoms with E-state index in [4.69, 9.17) is 15.0 Å². The van der Waals surface area contributed by atoms with Gasteiger partial charge in [0.2, 0.25) is 5.82 Å². The van der Waals surface area contributed by atoms with E-state index in [9.17, 15) is 0 Å². The summed E-state index contributed by atoms with van der Waals surface area (Å²) in [5.41, 5.74) is 7.58. The second kappa shape index (κ2) is 8.78. The van der Waals surface area contributed by atoms with E-state index in [1.165, 1.54) is 9.75 Å². The standard InChI is InChI=1S/C20H23N3O2S/c1-14-6-11-18(26-14)13-16(5-3-4-12-21)20-22-19(23-25-20)15-7-9-17(24-2)10-8-15/h6-11,13H,3-5,12,21H2,1-2H3/b16-13+. The number of methoxy groups -OCH3 is 1. The second-order valence-corrected chi connectivity index (χ2v) is 7.33. The minimum Gasteiger partial charge on any atom is -0.497 e. The third-order valence-electron chi connectivity index (χ3n) is 4.03. The molecule has 2 aromatic heterocycles. The minimum atomic E-state index is 0.568. The molecule has 0 saturated carbocycles. The Hall–Kier alpha value is -2.44. The fourth-order valence-corrected chi connectivity index (χ4v) is 3.46. The summed E-state index contributed by atoms with van der Waals surface area (Å²) in [6.07, 6.45) is 4.96. The number of thiophene rings is 1. The Morgan fingerprint density at radius 1 is 1.19 bits per heavy atom. The normalized spacial score (nSPS) is 11.7. The van der Waals surface area contributed by atoms with Gasteiger partial charge in [-0.2, -0.15) is 4.98 Å². The first-order valence-electron chi connectivity index (χ1n) is 8.65. The maximum absolute atomic E-state index is 5.63. The van der Waals surface area contributed by atoms with E-state index in [2.05, 4.69) is 35.3 Å². The Morgan fingerprint density at radius 3 is 2.65 bits per heavy atom. The van der Waals surface area contributed by atoms with Gasteiger partial charge in [0.15, 0.2) is 0 Å². The Balaban J connectivity index is 1.86. The zero-order valence-electron chi connectivity index (χ0n) is 15.1. The summed E-state index contributed by atoms with van der Waals surface area (Å²) >= 11 is 1.75. The molecular formula is C20H23N3O2S. The minimum absolute atomic E-state index is 0.568. The van der Waals surface area contributed by atoms with E-state index >= 15 is 0 Å². The molecule has 26 heavy (non-hydrogen) atoms. The number of unbranched alkanes of at least 4 members (excludes halogenated alkanes) is 1. The number of aryl methyl sites for hydroxylation is 1. The third-order valence-corrected chi connectivity index (χ3v) is 4.97. The summed E-state index contributed by atoms with van der Waals surface area (Å²) in [4.78, 5) is 7.07. The van der Waals surface area contributed by atoms with E-state index < -0.39 is 0 Å². The van der Waals surface area contributed by atoms with Gasteiger partial charge in [-0.15, -0.1) is 11.3 Å². The topological polar surface area (TPSA) is 74.2 Å². The van der Waals surface area contributed by atoms with Crippen LogP contribution >= 0.6 is 11.3 Å². The predicted octanol–water partition coefficient (Wildman–Crippen LogP) is 4.78. The van der Waals surface area contributed by atoms with Crippen molar-refractivity contribution in [3.63, 3.8) is 0 Å². The highest BCUT2D eigenvalue weighted by atomic mass is 32.1. The molecule has 3 rings (SSSR count). The quantitative estimate of drug-likeness (QED) is 0.578. The summed E-state index contributed by atoms with van der Waals surface area (Å²) in [6.45, 7) is 2.79. The molecule has 5 nitrogen and oxygen atoms in total. The molecule has 0 fully saturated rings. The Kier molecular flexibility index (Phi) is 6.20. The summed E-state index contributed by atoms with van der Waals surface area (Å²) in [5.74, 6) is 1.95. The van der Waals surface area contributed by atoms with Gasteiger partial charge in [0.1, 0.15) is 5.75 Å². The Morgan fingerprint density at radius 2 is 2.00 bits per heavy atom. The first-order valence-corrected chi connectivity index (χ1v) is 9.47. The number of benzene rings is 1. The fraction of sp³-hybridized carbons (Fsp3) is 0.300. The second-order valence-electron chi connectivity index (χ2n) is 6.02. The molecule has 0 bridgehead atoms. The third kappa shape index (κ3) is 4.59. The van der Waals surface area contributed by atoms with Crippen LogP contribution in [0, 0.1) is 6.92 Å². The summed E-state index contributed by atoms with van der Waals surface area (Å²) in [5, 5.41) is 4.15. The molecule has 6 heteroatoms. The highest BCUT2D eigenvalue weighted by molar-refractivity contribution is 7.12. The lowest BCUT2D eigenvalue weighted by atomic mass is 10.1. The smallest absolute Gasteiger partial charge is 0.254 e. The molecule has 0 atom stereocenters. The lowest BCUT2D eigenvalue weighted by Crippen LogP contribution is -1.98. The van der Waals surface area contributed by atoms with Crippen LogP contribution in [0.4, 0.5) is 0 Å². The predicted molar refractivity (Wildman–Crippen MR) is 106 cm³/mol. The van der Waals surface area contributed by atoms with E-state index in [1.807, 2.05) is 24.3 Å². The van der Waals surface area contributed by atoms with Gasteiger partial charge in [0.05, 0.1) is 7.11 Å². The van der Waals surface area contributed by atoms with Crippen molar-refractivity contribution in [2.24, 2.45) is 5.73 Å². The van der Waals surface area contributed by atoms with Crippen molar-refractivity contribution in [3.05, 3.63) is 52.0 Å². The number of nitrogens with two attached hydrogens (primary N) is 1. The van der Waals surface area contributed by atoms with E-state index in [-0.39, 0.29) is 0 Å². The van der Waals surface area contributed by atoms with Crippen LogP contribution < -0.4 is 10.5 Å². The largest absolute Gasteiger partial charge is 0.497 e. The Bertz CT molecular complexity index is 865. The number of allylic oxidation sites excluding steroid dienone is 1. The van der Waals surface area contributed by atoms with Crippen molar-refractivity contribution < 1.29 is 9.26 Å². The average Bonchev–Trinajstić information content (AvgIpc) is 3.30. The molecule has 136 valence electrons. The van der Waals surface area contributed by atoms with Gasteiger partial charge in [0.25, 0.3) is 5.89 Å². The van der Waals surface area contributed by atoms with E-state index in [1.54, 1.807) is 18.4 Å². The lowest BCUT2D eigenvalue weighted by molar-refractivity contribution is 0.406. The van der Waals surface area contributed by atoms with Crippen LogP contribution in [0.3, 0.4) is 0 Å². The lowest BCUT2D eigenvalue weighted by Gasteiger charge is -2.02. The van der Waals surface area contributed by atoms with Crippen molar-refractivity contribution in [3.8, 4) is 17.1 Å². The number of ether oxygens (including phenoxy) is 1. The van der Waals surface area contributed by atoms with Crippen molar-refractivity contribution in [1.29, 1.82) is 0 Å². The van der Waals surface area contributed by atoms with Crippen LogP contribution in [0.25, 0.3) is 23.0 Å². The molecule has 0 aliphatic heterocycles. The maximum atomic E-state index is 5.63. The fourth-order valence-electron chi connectivity index (χ4n) is 2.61. The molecule has 0 spiro atoms. The van der Waals surface area contributed by atoms with Crippen LogP contribution in [0.5, 0.6) is 5.75 Å². The van der Waals surface area contributed by atoms with Gasteiger partial charge < -0.3 is 15.0 Å². The van der Waals surface area contributed by atoms with Crippen LogP contribution in [-0.2, 0) is 0 Å². The molecule has 0 aliphatic carbocycles. The van der Waals surface area contributed by atoms with E-state index in [0.717, 1.165) is 36.1 Å². The van der Waals surface area contributed by atoms with Crippen LogP contribution in [0.2, 0.25) is 0 Å². The summed E-state index contributed by atoms with van der Waals surface area (Å²) < 4.78 is 10.7. The van der Waals surface area contributed by atoms with Crippen LogP contribution in [0.1, 0.15) is 34.9 Å². The average molecular weight is 369 g/mol. The number of hydrogen-bond donors (Lipinski definition) is 1. The first kappa shape index (κ1) is 18.4. The monoisotopic (exact) mass is 369 g/mol. The van der Waals surface area contributed by atoms with Gasteiger partial charge >= 0.3 is 0 Å². The summed E-state index contributed by atoms with van der Waals surface area (Å²) in [6, 6.07) is 11.9.